The van der Waals surface area contributed by atoms with E-state index in [1.807, 2.05) is 12.1 Å². The van der Waals surface area contributed by atoms with Crippen LogP contribution < -0.4 is 5.32 Å². The molecule has 0 spiro atoms. The molecule has 116 valence electrons. The molecule has 1 fully saturated rings. The minimum atomic E-state index is -0.358. The molecule has 1 N–H and O–H groups in total. The van der Waals surface area contributed by atoms with Crippen LogP contribution in [0.2, 0.25) is 0 Å². The number of nitro groups is 1. The van der Waals surface area contributed by atoms with Crippen LogP contribution in [0, 0.1) is 16.0 Å². The van der Waals surface area contributed by atoms with Gasteiger partial charge in [0.2, 0.25) is 0 Å². The van der Waals surface area contributed by atoms with E-state index in [0.29, 0.717) is 0 Å². The van der Waals surface area contributed by atoms with Crippen LogP contribution in [-0.2, 0) is 6.42 Å². The first-order valence-corrected chi connectivity index (χ1v) is 7.78. The van der Waals surface area contributed by atoms with E-state index in [-0.39, 0.29) is 10.6 Å². The SMILES string of the molecule is CN1CCC(CCNCCc2ccc([N+](=O)[O-])cc2)CC1. The third-order valence-corrected chi connectivity index (χ3v) is 4.31. The first-order valence-electron chi connectivity index (χ1n) is 7.78. The zero-order chi connectivity index (χ0) is 15.1. The molecule has 0 radical (unpaired) electrons. The molecule has 1 aliphatic heterocycles. The number of hydrogen-bond acceptors (Lipinski definition) is 4. The quantitative estimate of drug-likeness (QED) is 0.476. The molecule has 0 aliphatic carbocycles. The van der Waals surface area contributed by atoms with Gasteiger partial charge in [0.1, 0.15) is 0 Å². The van der Waals surface area contributed by atoms with Crippen molar-refractivity contribution in [3.05, 3.63) is 39.9 Å². The van der Waals surface area contributed by atoms with Crippen molar-refractivity contribution in [2.24, 2.45) is 5.92 Å². The molecule has 1 aliphatic rings. The average Bonchev–Trinajstić information content (AvgIpc) is 2.49. The van der Waals surface area contributed by atoms with Crippen LogP contribution in [0.1, 0.15) is 24.8 Å². The van der Waals surface area contributed by atoms with Crippen LogP contribution in [0.25, 0.3) is 0 Å². The van der Waals surface area contributed by atoms with Crippen LogP contribution in [0.5, 0.6) is 0 Å². The zero-order valence-electron chi connectivity index (χ0n) is 12.8. The Morgan fingerprint density at radius 3 is 2.52 bits per heavy atom. The highest BCUT2D eigenvalue weighted by atomic mass is 16.6. The highest BCUT2D eigenvalue weighted by Crippen LogP contribution is 2.18. The van der Waals surface area contributed by atoms with Crippen molar-refractivity contribution in [1.82, 2.24) is 10.2 Å². The predicted molar refractivity (Wildman–Crippen MR) is 84.5 cm³/mol. The Morgan fingerprint density at radius 1 is 1.24 bits per heavy atom. The summed E-state index contributed by atoms with van der Waals surface area (Å²) in [6, 6.07) is 6.84. The smallest absolute Gasteiger partial charge is 0.269 e. The van der Waals surface area contributed by atoms with Gasteiger partial charge in [-0.05, 0) is 70.4 Å². The van der Waals surface area contributed by atoms with Crippen molar-refractivity contribution < 1.29 is 4.92 Å². The minimum Gasteiger partial charge on any atom is -0.316 e. The van der Waals surface area contributed by atoms with Gasteiger partial charge in [-0.2, -0.15) is 0 Å². The Morgan fingerprint density at radius 2 is 1.90 bits per heavy atom. The van der Waals surface area contributed by atoms with Gasteiger partial charge in [0.25, 0.3) is 5.69 Å². The second kappa shape index (κ2) is 8.10. The Bertz CT molecular complexity index is 439. The van der Waals surface area contributed by atoms with Gasteiger partial charge >= 0.3 is 0 Å². The Labute approximate surface area is 126 Å². The minimum absolute atomic E-state index is 0.161. The summed E-state index contributed by atoms with van der Waals surface area (Å²) >= 11 is 0. The number of piperidine rings is 1. The van der Waals surface area contributed by atoms with E-state index in [2.05, 4.69) is 17.3 Å². The monoisotopic (exact) mass is 291 g/mol. The lowest BCUT2D eigenvalue weighted by molar-refractivity contribution is -0.384. The van der Waals surface area contributed by atoms with Crippen molar-refractivity contribution >= 4 is 5.69 Å². The first-order chi connectivity index (χ1) is 10.1. The Hall–Kier alpha value is -1.46. The lowest BCUT2D eigenvalue weighted by atomic mass is 9.94. The lowest BCUT2D eigenvalue weighted by Gasteiger charge is -2.28. The maximum Gasteiger partial charge on any atom is 0.269 e. The van der Waals surface area contributed by atoms with Crippen molar-refractivity contribution in [3.8, 4) is 0 Å². The highest BCUT2D eigenvalue weighted by Gasteiger charge is 2.15. The third kappa shape index (κ3) is 5.44. The number of hydrogen-bond donors (Lipinski definition) is 1. The van der Waals surface area contributed by atoms with Gasteiger partial charge in [0.05, 0.1) is 4.92 Å². The zero-order valence-corrected chi connectivity index (χ0v) is 12.8. The molecule has 1 saturated heterocycles. The molecule has 1 heterocycles. The summed E-state index contributed by atoms with van der Waals surface area (Å²) in [5, 5.41) is 14.1. The molecule has 0 amide bonds. The fraction of sp³-hybridized carbons (Fsp3) is 0.625. The number of benzene rings is 1. The van der Waals surface area contributed by atoms with E-state index in [0.717, 1.165) is 31.0 Å². The summed E-state index contributed by atoms with van der Waals surface area (Å²) in [7, 11) is 2.19. The van der Waals surface area contributed by atoms with Gasteiger partial charge < -0.3 is 10.2 Å². The number of nitrogens with zero attached hydrogens (tertiary/aromatic N) is 2. The third-order valence-electron chi connectivity index (χ3n) is 4.31. The van der Waals surface area contributed by atoms with Crippen molar-refractivity contribution in [3.63, 3.8) is 0 Å². The van der Waals surface area contributed by atoms with Gasteiger partial charge in [-0.25, -0.2) is 0 Å². The average molecular weight is 291 g/mol. The topological polar surface area (TPSA) is 58.4 Å². The largest absolute Gasteiger partial charge is 0.316 e. The van der Waals surface area contributed by atoms with Crippen molar-refractivity contribution in [2.45, 2.75) is 25.7 Å². The van der Waals surface area contributed by atoms with E-state index in [1.54, 1.807) is 12.1 Å². The molecule has 21 heavy (non-hydrogen) atoms. The molecule has 0 atom stereocenters. The number of non-ortho nitro benzene ring substituents is 1. The van der Waals surface area contributed by atoms with E-state index < -0.39 is 0 Å². The molecular formula is C16H25N3O2. The lowest BCUT2D eigenvalue weighted by Crippen LogP contribution is -2.31. The standard InChI is InChI=1S/C16H25N3O2/c1-18-12-8-15(9-13-18)7-11-17-10-6-14-2-4-16(5-3-14)19(20)21/h2-5,15,17H,6-13H2,1H3. The number of nitrogens with one attached hydrogen (secondary N) is 1. The summed E-state index contributed by atoms with van der Waals surface area (Å²) in [4.78, 5) is 12.6. The molecule has 0 bridgehead atoms. The predicted octanol–water partition coefficient (Wildman–Crippen LogP) is 2.46. The van der Waals surface area contributed by atoms with Crippen molar-refractivity contribution in [2.75, 3.05) is 33.2 Å². The maximum atomic E-state index is 10.6. The maximum absolute atomic E-state index is 10.6. The summed E-state index contributed by atoms with van der Waals surface area (Å²) < 4.78 is 0. The second-order valence-electron chi connectivity index (χ2n) is 5.96. The van der Waals surface area contributed by atoms with Crippen LogP contribution in [0.3, 0.4) is 0 Å². The van der Waals surface area contributed by atoms with Crippen LogP contribution in [-0.4, -0.2) is 43.0 Å². The molecule has 5 heteroatoms. The fourth-order valence-electron chi connectivity index (χ4n) is 2.80. The summed E-state index contributed by atoms with van der Waals surface area (Å²) in [6.45, 7) is 4.46. The van der Waals surface area contributed by atoms with E-state index in [1.165, 1.54) is 32.4 Å². The molecule has 0 saturated carbocycles. The normalized spacial score (nSPS) is 17.0. The molecule has 0 aromatic heterocycles. The number of nitro benzene ring substituents is 1. The number of likely N-dealkylation sites (tertiary alicyclic amines) is 1. The Balaban J connectivity index is 1.58. The molecule has 1 aromatic carbocycles. The second-order valence-corrected chi connectivity index (χ2v) is 5.96. The van der Waals surface area contributed by atoms with Gasteiger partial charge in [-0.3, -0.25) is 10.1 Å². The highest BCUT2D eigenvalue weighted by molar-refractivity contribution is 5.32. The number of rotatable bonds is 7. The molecule has 0 unspecified atom stereocenters. The fourth-order valence-corrected chi connectivity index (χ4v) is 2.80. The molecule has 1 aromatic rings. The van der Waals surface area contributed by atoms with E-state index in [9.17, 15) is 10.1 Å². The van der Waals surface area contributed by atoms with Gasteiger partial charge in [-0.15, -0.1) is 0 Å². The van der Waals surface area contributed by atoms with Gasteiger partial charge in [-0.1, -0.05) is 12.1 Å². The van der Waals surface area contributed by atoms with E-state index >= 15 is 0 Å². The summed E-state index contributed by atoms with van der Waals surface area (Å²) in [6.07, 6.45) is 4.82. The van der Waals surface area contributed by atoms with Gasteiger partial charge in [0.15, 0.2) is 0 Å². The summed E-state index contributed by atoms with van der Waals surface area (Å²) in [5.41, 5.74) is 1.31. The van der Waals surface area contributed by atoms with Crippen LogP contribution in [0.15, 0.2) is 24.3 Å². The Kier molecular flexibility index (Phi) is 6.14. The van der Waals surface area contributed by atoms with Crippen LogP contribution >= 0.6 is 0 Å². The molecule has 2 rings (SSSR count). The molecular weight excluding hydrogens is 266 g/mol. The van der Waals surface area contributed by atoms with Crippen molar-refractivity contribution in [1.29, 1.82) is 0 Å². The molecule has 5 nitrogen and oxygen atoms in total. The van der Waals surface area contributed by atoms with Crippen LogP contribution in [0.4, 0.5) is 5.69 Å². The summed E-state index contributed by atoms with van der Waals surface area (Å²) in [5.74, 6) is 0.869. The first kappa shape index (κ1) is 15.9. The van der Waals surface area contributed by atoms with Gasteiger partial charge in [0, 0.05) is 12.1 Å². The van der Waals surface area contributed by atoms with E-state index in [4.69, 9.17) is 0 Å².